The monoisotopic (exact) mass is 384 g/mol. The molecule has 0 spiro atoms. The standard InChI is InChI=1S/C14H17BrN4O2S/c1-9(22-12-6-4-11(15)5-7-12)8-16-14-13(19(20)21)10(2)17-18(14)3/h4-7,9,16H,8H2,1-3H3. The molecule has 1 aromatic carbocycles. The predicted molar refractivity (Wildman–Crippen MR) is 92.6 cm³/mol. The van der Waals surface area contributed by atoms with Crippen LogP contribution in [-0.2, 0) is 7.05 Å². The molecule has 1 unspecified atom stereocenters. The third-order valence-corrected chi connectivity index (χ3v) is 4.72. The predicted octanol–water partition coefficient (Wildman–Crippen LogP) is 3.99. The van der Waals surface area contributed by atoms with Crippen molar-refractivity contribution < 1.29 is 4.92 Å². The van der Waals surface area contributed by atoms with Crippen LogP contribution in [0.15, 0.2) is 33.6 Å². The van der Waals surface area contributed by atoms with Gasteiger partial charge in [0, 0.05) is 28.2 Å². The van der Waals surface area contributed by atoms with Crippen LogP contribution >= 0.6 is 27.7 Å². The Morgan fingerprint density at radius 1 is 1.45 bits per heavy atom. The lowest BCUT2D eigenvalue weighted by Crippen LogP contribution is -2.16. The number of anilines is 1. The van der Waals surface area contributed by atoms with E-state index < -0.39 is 4.92 Å². The molecule has 0 fully saturated rings. The maximum Gasteiger partial charge on any atom is 0.333 e. The van der Waals surface area contributed by atoms with Crippen molar-refractivity contribution in [3.8, 4) is 0 Å². The molecule has 0 amide bonds. The summed E-state index contributed by atoms with van der Waals surface area (Å²) in [6, 6.07) is 8.08. The quantitative estimate of drug-likeness (QED) is 0.462. The van der Waals surface area contributed by atoms with Crippen molar-refractivity contribution in [2.75, 3.05) is 11.9 Å². The molecule has 6 nitrogen and oxygen atoms in total. The molecular weight excluding hydrogens is 368 g/mol. The molecule has 1 aromatic heterocycles. The van der Waals surface area contributed by atoms with Gasteiger partial charge in [-0.15, -0.1) is 11.8 Å². The van der Waals surface area contributed by atoms with E-state index in [-0.39, 0.29) is 10.9 Å². The van der Waals surface area contributed by atoms with Gasteiger partial charge in [0.15, 0.2) is 0 Å². The van der Waals surface area contributed by atoms with Crippen molar-refractivity contribution in [2.45, 2.75) is 24.0 Å². The van der Waals surface area contributed by atoms with E-state index in [1.165, 1.54) is 4.68 Å². The molecule has 8 heteroatoms. The Hall–Kier alpha value is -1.54. The second-order valence-corrected chi connectivity index (χ2v) is 7.35. The number of nitrogens with one attached hydrogen (secondary N) is 1. The number of halogens is 1. The van der Waals surface area contributed by atoms with E-state index in [2.05, 4.69) is 33.3 Å². The molecule has 2 aromatic rings. The molecule has 22 heavy (non-hydrogen) atoms. The van der Waals surface area contributed by atoms with Gasteiger partial charge in [0.1, 0.15) is 5.69 Å². The minimum Gasteiger partial charge on any atom is -0.363 e. The summed E-state index contributed by atoms with van der Waals surface area (Å²) in [7, 11) is 1.70. The Labute approximate surface area is 141 Å². The lowest BCUT2D eigenvalue weighted by atomic mass is 10.3. The maximum atomic E-state index is 11.1. The number of hydrogen-bond acceptors (Lipinski definition) is 5. The van der Waals surface area contributed by atoms with Crippen molar-refractivity contribution in [3.63, 3.8) is 0 Å². The molecule has 0 saturated carbocycles. The van der Waals surface area contributed by atoms with Gasteiger partial charge in [0.05, 0.1) is 4.92 Å². The minimum atomic E-state index is -0.392. The Morgan fingerprint density at radius 2 is 2.09 bits per heavy atom. The molecule has 0 aliphatic heterocycles. The first-order valence-electron chi connectivity index (χ1n) is 6.72. The molecule has 2 rings (SSSR count). The normalized spacial score (nSPS) is 12.2. The Balaban J connectivity index is 2.01. The van der Waals surface area contributed by atoms with E-state index in [9.17, 15) is 10.1 Å². The van der Waals surface area contributed by atoms with Gasteiger partial charge in [-0.25, -0.2) is 4.68 Å². The van der Waals surface area contributed by atoms with Gasteiger partial charge in [-0.1, -0.05) is 22.9 Å². The van der Waals surface area contributed by atoms with Crippen LogP contribution in [0, 0.1) is 17.0 Å². The summed E-state index contributed by atoms with van der Waals surface area (Å²) in [5, 5.41) is 18.6. The zero-order chi connectivity index (χ0) is 16.3. The van der Waals surface area contributed by atoms with Crippen LogP contribution in [-0.4, -0.2) is 26.5 Å². The van der Waals surface area contributed by atoms with Crippen molar-refractivity contribution >= 4 is 39.2 Å². The first-order valence-corrected chi connectivity index (χ1v) is 8.40. The van der Waals surface area contributed by atoms with Gasteiger partial charge in [0.2, 0.25) is 5.82 Å². The topological polar surface area (TPSA) is 73.0 Å². The summed E-state index contributed by atoms with van der Waals surface area (Å²) >= 11 is 5.13. The molecule has 0 aliphatic rings. The molecule has 1 heterocycles. The minimum absolute atomic E-state index is 0.0448. The summed E-state index contributed by atoms with van der Waals surface area (Å²) in [5.74, 6) is 0.450. The average molecular weight is 385 g/mol. The smallest absolute Gasteiger partial charge is 0.333 e. The Kier molecular flexibility index (Phi) is 5.47. The van der Waals surface area contributed by atoms with Crippen molar-refractivity contribution in [1.29, 1.82) is 0 Å². The highest BCUT2D eigenvalue weighted by atomic mass is 79.9. The average Bonchev–Trinajstić information content (AvgIpc) is 2.73. The van der Waals surface area contributed by atoms with Crippen molar-refractivity contribution in [1.82, 2.24) is 9.78 Å². The van der Waals surface area contributed by atoms with Gasteiger partial charge < -0.3 is 5.32 Å². The summed E-state index contributed by atoms with van der Waals surface area (Å²) in [6.07, 6.45) is 0. The number of nitro groups is 1. The molecule has 0 aliphatic carbocycles. The van der Waals surface area contributed by atoms with Crippen LogP contribution in [0.25, 0.3) is 0 Å². The third-order valence-electron chi connectivity index (χ3n) is 3.08. The lowest BCUT2D eigenvalue weighted by molar-refractivity contribution is -0.384. The lowest BCUT2D eigenvalue weighted by Gasteiger charge is -2.13. The van der Waals surface area contributed by atoms with Gasteiger partial charge in [0.25, 0.3) is 0 Å². The fourth-order valence-electron chi connectivity index (χ4n) is 2.09. The molecular formula is C14H17BrN4O2S. The van der Waals surface area contributed by atoms with E-state index in [0.29, 0.717) is 18.1 Å². The van der Waals surface area contributed by atoms with E-state index in [1.807, 2.05) is 24.3 Å². The largest absolute Gasteiger partial charge is 0.363 e. The number of aryl methyl sites for hydroxylation is 2. The SMILES string of the molecule is Cc1nn(C)c(NCC(C)Sc2ccc(Br)cc2)c1[N+](=O)[O-]. The zero-order valence-electron chi connectivity index (χ0n) is 12.5. The molecule has 1 N–H and O–H groups in total. The molecule has 0 radical (unpaired) electrons. The first kappa shape index (κ1) is 16.8. The van der Waals surface area contributed by atoms with E-state index >= 15 is 0 Å². The number of benzene rings is 1. The van der Waals surface area contributed by atoms with Crippen LogP contribution in [0.2, 0.25) is 0 Å². The van der Waals surface area contributed by atoms with E-state index in [0.717, 1.165) is 9.37 Å². The Morgan fingerprint density at radius 3 is 2.68 bits per heavy atom. The number of rotatable bonds is 6. The summed E-state index contributed by atoms with van der Waals surface area (Å²) in [4.78, 5) is 11.9. The van der Waals surface area contributed by atoms with Crippen LogP contribution in [0.4, 0.5) is 11.5 Å². The third kappa shape index (κ3) is 4.01. The zero-order valence-corrected chi connectivity index (χ0v) is 14.9. The fourth-order valence-corrected chi connectivity index (χ4v) is 3.28. The van der Waals surface area contributed by atoms with E-state index in [4.69, 9.17) is 0 Å². The van der Waals surface area contributed by atoms with Crippen LogP contribution in [0.3, 0.4) is 0 Å². The number of nitrogens with zero attached hydrogens (tertiary/aromatic N) is 3. The van der Waals surface area contributed by atoms with Gasteiger partial charge in [-0.05, 0) is 31.2 Å². The molecule has 0 bridgehead atoms. The molecule has 118 valence electrons. The highest BCUT2D eigenvalue weighted by molar-refractivity contribution is 9.10. The van der Waals surface area contributed by atoms with Gasteiger partial charge >= 0.3 is 5.69 Å². The number of hydrogen-bond donors (Lipinski definition) is 1. The van der Waals surface area contributed by atoms with Crippen molar-refractivity contribution in [2.24, 2.45) is 7.05 Å². The van der Waals surface area contributed by atoms with Crippen LogP contribution in [0.1, 0.15) is 12.6 Å². The highest BCUT2D eigenvalue weighted by Crippen LogP contribution is 2.29. The Bertz CT molecular complexity index is 672. The summed E-state index contributed by atoms with van der Waals surface area (Å²) < 4.78 is 2.56. The second kappa shape index (κ2) is 7.15. The number of thioether (sulfide) groups is 1. The van der Waals surface area contributed by atoms with Crippen LogP contribution in [0.5, 0.6) is 0 Å². The fraction of sp³-hybridized carbons (Fsp3) is 0.357. The summed E-state index contributed by atoms with van der Waals surface area (Å²) in [6.45, 7) is 4.33. The van der Waals surface area contributed by atoms with E-state index in [1.54, 1.807) is 25.7 Å². The van der Waals surface area contributed by atoms with Crippen LogP contribution < -0.4 is 5.32 Å². The van der Waals surface area contributed by atoms with Crippen molar-refractivity contribution in [3.05, 3.63) is 44.5 Å². The summed E-state index contributed by atoms with van der Waals surface area (Å²) in [5.41, 5.74) is 0.464. The first-order chi connectivity index (χ1) is 10.4. The molecule has 0 saturated heterocycles. The van der Waals surface area contributed by atoms with Gasteiger partial charge in [-0.3, -0.25) is 10.1 Å². The number of aromatic nitrogens is 2. The highest BCUT2D eigenvalue weighted by Gasteiger charge is 2.24. The van der Waals surface area contributed by atoms with Gasteiger partial charge in [-0.2, -0.15) is 5.10 Å². The molecule has 1 atom stereocenters. The second-order valence-electron chi connectivity index (χ2n) is 4.93. The maximum absolute atomic E-state index is 11.1.